The molecule has 2 unspecified atom stereocenters. The van der Waals surface area contributed by atoms with Gasteiger partial charge in [-0.3, -0.25) is 14.6 Å². The average Bonchev–Trinajstić information content (AvgIpc) is 3.11. The van der Waals surface area contributed by atoms with Crippen LogP contribution in [-0.2, 0) is 4.79 Å². The van der Waals surface area contributed by atoms with Crippen molar-refractivity contribution in [1.29, 1.82) is 0 Å². The number of hydrogen-bond acceptors (Lipinski definition) is 6. The van der Waals surface area contributed by atoms with Crippen LogP contribution in [0.25, 0.3) is 0 Å². The summed E-state index contributed by atoms with van der Waals surface area (Å²) < 4.78 is 0. The SMILES string of the molecule is Cc1ccc(N2CC(=O)C(C(=O)c3ccc(C(C)C)cc3)C2c2ccncc2)nn1. The van der Waals surface area contributed by atoms with E-state index in [2.05, 4.69) is 29.0 Å². The van der Waals surface area contributed by atoms with E-state index in [1.807, 2.05) is 60.4 Å². The highest BCUT2D eigenvalue weighted by Gasteiger charge is 2.46. The quantitative estimate of drug-likeness (QED) is 0.477. The van der Waals surface area contributed by atoms with E-state index in [1.165, 1.54) is 0 Å². The van der Waals surface area contributed by atoms with Crippen LogP contribution in [0.3, 0.4) is 0 Å². The first-order valence-electron chi connectivity index (χ1n) is 10.1. The van der Waals surface area contributed by atoms with Gasteiger partial charge in [0, 0.05) is 18.0 Å². The molecule has 1 aliphatic rings. The fourth-order valence-electron chi connectivity index (χ4n) is 3.92. The van der Waals surface area contributed by atoms with Crippen molar-refractivity contribution in [2.75, 3.05) is 11.4 Å². The first-order valence-corrected chi connectivity index (χ1v) is 10.1. The van der Waals surface area contributed by atoms with Gasteiger partial charge in [-0.2, -0.15) is 5.10 Å². The van der Waals surface area contributed by atoms with Gasteiger partial charge >= 0.3 is 0 Å². The number of anilines is 1. The normalized spacial score (nSPS) is 18.8. The van der Waals surface area contributed by atoms with Gasteiger partial charge in [-0.1, -0.05) is 38.1 Å². The maximum atomic E-state index is 13.5. The second-order valence-electron chi connectivity index (χ2n) is 7.97. The molecule has 6 heteroatoms. The molecule has 0 saturated carbocycles. The lowest BCUT2D eigenvalue weighted by atomic mass is 9.86. The molecule has 0 amide bonds. The van der Waals surface area contributed by atoms with E-state index in [0.717, 1.165) is 16.8 Å². The second kappa shape index (κ2) is 8.14. The minimum atomic E-state index is -0.805. The van der Waals surface area contributed by atoms with Crippen LogP contribution in [0, 0.1) is 12.8 Å². The molecule has 6 nitrogen and oxygen atoms in total. The summed E-state index contributed by atoms with van der Waals surface area (Å²) in [7, 11) is 0. The fourth-order valence-corrected chi connectivity index (χ4v) is 3.92. The lowest BCUT2D eigenvalue weighted by Gasteiger charge is -2.27. The van der Waals surface area contributed by atoms with Crippen molar-refractivity contribution in [3.8, 4) is 0 Å². The number of aryl methyl sites for hydroxylation is 1. The first kappa shape index (κ1) is 19.9. The van der Waals surface area contributed by atoms with E-state index in [0.29, 0.717) is 17.3 Å². The third-order valence-electron chi connectivity index (χ3n) is 5.59. The smallest absolute Gasteiger partial charge is 0.175 e. The molecular weight excluding hydrogens is 376 g/mol. The van der Waals surface area contributed by atoms with Gasteiger partial charge in [0.1, 0.15) is 5.92 Å². The second-order valence-corrected chi connectivity index (χ2v) is 7.97. The summed E-state index contributed by atoms with van der Waals surface area (Å²) in [6.45, 7) is 6.19. The molecule has 0 N–H and O–H groups in total. The molecule has 0 bridgehead atoms. The van der Waals surface area contributed by atoms with Crippen LogP contribution in [0.15, 0.2) is 60.9 Å². The third-order valence-corrected chi connectivity index (χ3v) is 5.59. The van der Waals surface area contributed by atoms with Crippen LogP contribution in [0.5, 0.6) is 0 Å². The molecule has 1 saturated heterocycles. The Labute approximate surface area is 176 Å². The Morgan fingerprint density at radius 2 is 1.70 bits per heavy atom. The summed E-state index contributed by atoms with van der Waals surface area (Å²) >= 11 is 0. The number of pyridine rings is 1. The van der Waals surface area contributed by atoms with E-state index in [1.54, 1.807) is 12.4 Å². The molecule has 152 valence electrons. The topological polar surface area (TPSA) is 76.1 Å². The predicted molar refractivity (Wildman–Crippen MR) is 114 cm³/mol. The van der Waals surface area contributed by atoms with Gasteiger partial charge in [-0.05, 0) is 48.2 Å². The first-order chi connectivity index (χ1) is 14.5. The molecule has 0 radical (unpaired) electrons. The summed E-state index contributed by atoms with van der Waals surface area (Å²) in [4.78, 5) is 32.5. The Hall–Kier alpha value is -3.41. The average molecular weight is 400 g/mol. The number of hydrogen-bond donors (Lipinski definition) is 0. The molecule has 4 rings (SSSR count). The van der Waals surface area contributed by atoms with E-state index < -0.39 is 12.0 Å². The molecule has 1 aliphatic heterocycles. The summed E-state index contributed by atoms with van der Waals surface area (Å²) in [5.41, 5.74) is 3.36. The molecule has 2 atom stereocenters. The van der Waals surface area contributed by atoms with E-state index in [9.17, 15) is 9.59 Å². The lowest BCUT2D eigenvalue weighted by Crippen LogP contribution is -2.29. The molecular formula is C24H24N4O2. The molecule has 1 fully saturated rings. The number of carbonyl (C=O) groups is 2. The van der Waals surface area contributed by atoms with Crippen molar-refractivity contribution < 1.29 is 9.59 Å². The maximum Gasteiger partial charge on any atom is 0.175 e. The summed E-state index contributed by atoms with van der Waals surface area (Å²) in [6, 6.07) is 14.5. The largest absolute Gasteiger partial charge is 0.340 e. The van der Waals surface area contributed by atoms with Gasteiger partial charge in [-0.25, -0.2) is 0 Å². The zero-order valence-electron chi connectivity index (χ0n) is 17.3. The van der Waals surface area contributed by atoms with E-state index in [4.69, 9.17) is 0 Å². The van der Waals surface area contributed by atoms with Gasteiger partial charge in [-0.15, -0.1) is 5.10 Å². The van der Waals surface area contributed by atoms with Gasteiger partial charge in [0.05, 0.1) is 18.3 Å². The Bertz CT molecular complexity index is 1050. The third kappa shape index (κ3) is 3.73. The highest BCUT2D eigenvalue weighted by Crippen LogP contribution is 2.39. The number of ketones is 2. The molecule has 2 aromatic heterocycles. The fraction of sp³-hybridized carbons (Fsp3) is 0.292. The van der Waals surface area contributed by atoms with Crippen molar-refractivity contribution in [3.63, 3.8) is 0 Å². The van der Waals surface area contributed by atoms with Crippen LogP contribution >= 0.6 is 0 Å². The Morgan fingerprint density at radius 3 is 2.30 bits per heavy atom. The predicted octanol–water partition coefficient (Wildman–Crippen LogP) is 3.93. The van der Waals surface area contributed by atoms with Crippen molar-refractivity contribution in [3.05, 3.63) is 83.3 Å². The minimum Gasteiger partial charge on any atom is -0.340 e. The molecule has 0 spiro atoms. The van der Waals surface area contributed by atoms with Crippen molar-refractivity contribution >= 4 is 17.4 Å². The molecule has 0 aliphatic carbocycles. The van der Waals surface area contributed by atoms with Crippen LogP contribution in [0.2, 0.25) is 0 Å². The highest BCUT2D eigenvalue weighted by atomic mass is 16.2. The Morgan fingerprint density at radius 1 is 1.00 bits per heavy atom. The van der Waals surface area contributed by atoms with Crippen LogP contribution in [0.1, 0.15) is 53.0 Å². The van der Waals surface area contributed by atoms with Gasteiger partial charge in [0.2, 0.25) is 0 Å². The number of carbonyl (C=O) groups excluding carboxylic acids is 2. The standard InChI is InChI=1S/C24H24N4O2/c1-15(2)17-5-7-19(8-6-17)24(30)22-20(29)14-28(21-9-4-16(3)26-27-21)23(22)18-10-12-25-13-11-18/h4-13,15,22-23H,14H2,1-3H3. The van der Waals surface area contributed by atoms with Crippen molar-refractivity contribution in [2.45, 2.75) is 32.7 Å². The van der Waals surface area contributed by atoms with Crippen LogP contribution in [0.4, 0.5) is 5.82 Å². The number of benzene rings is 1. The highest BCUT2D eigenvalue weighted by molar-refractivity contribution is 6.14. The van der Waals surface area contributed by atoms with E-state index >= 15 is 0 Å². The summed E-state index contributed by atoms with van der Waals surface area (Å²) in [6.07, 6.45) is 3.35. The zero-order chi connectivity index (χ0) is 21.3. The minimum absolute atomic E-state index is 0.114. The number of Topliss-reactive ketones (excluding diaryl/α,β-unsaturated/α-hetero) is 2. The molecule has 30 heavy (non-hydrogen) atoms. The van der Waals surface area contributed by atoms with Gasteiger partial charge in [0.15, 0.2) is 17.4 Å². The van der Waals surface area contributed by atoms with E-state index in [-0.39, 0.29) is 18.1 Å². The van der Waals surface area contributed by atoms with Gasteiger partial charge < -0.3 is 4.90 Å². The number of aromatic nitrogens is 3. The summed E-state index contributed by atoms with van der Waals surface area (Å²) in [5, 5.41) is 8.40. The maximum absolute atomic E-state index is 13.5. The van der Waals surface area contributed by atoms with Crippen molar-refractivity contribution in [1.82, 2.24) is 15.2 Å². The molecule has 3 aromatic rings. The lowest BCUT2D eigenvalue weighted by molar-refractivity contribution is -0.118. The monoisotopic (exact) mass is 400 g/mol. The zero-order valence-corrected chi connectivity index (χ0v) is 17.3. The number of nitrogens with zero attached hydrogens (tertiary/aromatic N) is 4. The van der Waals surface area contributed by atoms with Gasteiger partial charge in [0.25, 0.3) is 0 Å². The summed E-state index contributed by atoms with van der Waals surface area (Å²) in [5.74, 6) is -0.124. The Balaban J connectivity index is 1.74. The molecule has 1 aromatic carbocycles. The van der Waals surface area contributed by atoms with Crippen molar-refractivity contribution in [2.24, 2.45) is 5.92 Å². The van der Waals surface area contributed by atoms with Crippen LogP contribution < -0.4 is 4.90 Å². The van der Waals surface area contributed by atoms with Crippen LogP contribution in [-0.4, -0.2) is 33.3 Å². The Kier molecular flexibility index (Phi) is 5.40. The molecule has 3 heterocycles. The number of rotatable bonds is 5.